The average molecular weight is 502 g/mol. The molecule has 3 aromatic carbocycles. The van der Waals surface area contributed by atoms with Crippen molar-refractivity contribution in [3.63, 3.8) is 0 Å². The van der Waals surface area contributed by atoms with E-state index in [0.29, 0.717) is 24.7 Å². The van der Waals surface area contributed by atoms with E-state index in [-0.39, 0.29) is 0 Å². The van der Waals surface area contributed by atoms with Crippen LogP contribution in [0, 0.1) is 3.57 Å². The van der Waals surface area contributed by atoms with E-state index in [2.05, 4.69) is 57.4 Å². The number of rotatable bonds is 9. The van der Waals surface area contributed by atoms with Gasteiger partial charge in [0.15, 0.2) is 11.5 Å². The van der Waals surface area contributed by atoms with E-state index in [9.17, 15) is 0 Å². The van der Waals surface area contributed by atoms with Crippen LogP contribution in [0.15, 0.2) is 71.8 Å². The smallest absolute Gasteiger partial charge is 0.161 e. The van der Waals surface area contributed by atoms with Gasteiger partial charge in [0.25, 0.3) is 0 Å². The number of nitrogens with zero attached hydrogens (tertiary/aromatic N) is 1. The van der Waals surface area contributed by atoms with Crippen LogP contribution in [0.4, 0.5) is 0 Å². The summed E-state index contributed by atoms with van der Waals surface area (Å²) < 4.78 is 17.7. The predicted octanol–water partition coefficient (Wildman–Crippen LogP) is 5.01. The lowest BCUT2D eigenvalue weighted by Crippen LogP contribution is -2.06. The molecule has 0 aliphatic rings. The highest BCUT2D eigenvalue weighted by molar-refractivity contribution is 14.1. The third kappa shape index (κ3) is 6.39. The number of halogens is 1. The average Bonchev–Trinajstić information content (AvgIpc) is 2.76. The van der Waals surface area contributed by atoms with E-state index in [4.69, 9.17) is 14.2 Å². The van der Waals surface area contributed by atoms with Crippen LogP contribution in [-0.4, -0.2) is 20.4 Å². The molecule has 3 rings (SSSR count). The molecule has 0 aliphatic carbocycles. The Labute approximate surface area is 184 Å². The van der Waals surface area contributed by atoms with E-state index in [1.807, 2.05) is 42.5 Å². The number of benzene rings is 3. The third-order valence-electron chi connectivity index (χ3n) is 4.21. The van der Waals surface area contributed by atoms with Crippen molar-refractivity contribution in [1.82, 2.24) is 5.43 Å². The quantitative estimate of drug-likeness (QED) is 0.254. The molecule has 5 nitrogen and oxygen atoms in total. The van der Waals surface area contributed by atoms with E-state index in [1.165, 1.54) is 3.57 Å². The monoisotopic (exact) mass is 502 g/mol. The van der Waals surface area contributed by atoms with Gasteiger partial charge >= 0.3 is 0 Å². The molecular weight excluding hydrogens is 479 g/mol. The molecule has 0 radical (unpaired) electrons. The molecule has 0 aliphatic heterocycles. The van der Waals surface area contributed by atoms with Crippen molar-refractivity contribution in [2.75, 3.05) is 14.2 Å². The lowest BCUT2D eigenvalue weighted by molar-refractivity contribution is 0.306. The molecule has 0 atom stereocenters. The predicted molar refractivity (Wildman–Crippen MR) is 124 cm³/mol. The summed E-state index contributed by atoms with van der Waals surface area (Å²) in [6.45, 7) is 1.12. The summed E-state index contributed by atoms with van der Waals surface area (Å²) in [5.41, 5.74) is 6.21. The second kappa shape index (κ2) is 10.7. The third-order valence-corrected chi connectivity index (χ3v) is 4.93. The Balaban J connectivity index is 1.53. The van der Waals surface area contributed by atoms with Crippen molar-refractivity contribution >= 4 is 28.8 Å². The second-order valence-corrected chi connectivity index (χ2v) is 7.52. The molecule has 3 aromatic rings. The molecule has 6 heteroatoms. The minimum Gasteiger partial charge on any atom is -0.493 e. The number of nitrogens with one attached hydrogen (secondary N) is 1. The molecule has 0 saturated carbocycles. The summed E-state index contributed by atoms with van der Waals surface area (Å²) in [6, 6.07) is 21.9. The first-order chi connectivity index (χ1) is 14.2. The van der Waals surface area contributed by atoms with Crippen LogP contribution >= 0.6 is 22.6 Å². The molecule has 0 saturated heterocycles. The Kier molecular flexibility index (Phi) is 7.75. The van der Waals surface area contributed by atoms with Gasteiger partial charge in [0.2, 0.25) is 0 Å². The summed E-state index contributed by atoms with van der Waals surface area (Å²) in [4.78, 5) is 0. The minimum absolute atomic E-state index is 0.537. The zero-order valence-corrected chi connectivity index (χ0v) is 18.5. The molecule has 0 bridgehead atoms. The fourth-order valence-electron chi connectivity index (χ4n) is 2.68. The maximum absolute atomic E-state index is 5.89. The SMILES string of the molecule is COc1ccc(CN/N=C/c2cccc(OCc3ccc(I)cc3)c2)cc1OC. The molecule has 29 heavy (non-hydrogen) atoms. The highest BCUT2D eigenvalue weighted by Crippen LogP contribution is 2.27. The van der Waals surface area contributed by atoms with E-state index in [1.54, 1.807) is 20.4 Å². The number of methoxy groups -OCH3 is 2. The van der Waals surface area contributed by atoms with Crippen LogP contribution in [0.5, 0.6) is 17.2 Å². The first-order valence-electron chi connectivity index (χ1n) is 9.12. The van der Waals surface area contributed by atoms with Crippen LogP contribution in [-0.2, 0) is 13.2 Å². The summed E-state index contributed by atoms with van der Waals surface area (Å²) >= 11 is 2.29. The fraction of sp³-hybridized carbons (Fsp3) is 0.174. The van der Waals surface area contributed by atoms with E-state index in [0.717, 1.165) is 22.4 Å². The standard InChI is InChI=1S/C23H23IN2O3/c1-27-22-11-8-19(13-23(22)28-2)15-26-25-14-18-4-3-5-21(12-18)29-16-17-6-9-20(24)10-7-17/h3-14,26H,15-16H2,1-2H3/b25-14+. The molecule has 0 heterocycles. The maximum atomic E-state index is 5.89. The summed E-state index contributed by atoms with van der Waals surface area (Å²) in [5, 5.41) is 4.30. The Morgan fingerprint density at radius 2 is 1.66 bits per heavy atom. The van der Waals surface area contributed by atoms with Crippen LogP contribution in [0.2, 0.25) is 0 Å². The van der Waals surface area contributed by atoms with Gasteiger partial charge in [-0.05, 0) is 75.7 Å². The Morgan fingerprint density at radius 1 is 0.897 bits per heavy atom. The highest BCUT2D eigenvalue weighted by Gasteiger charge is 2.04. The van der Waals surface area contributed by atoms with Crippen molar-refractivity contribution < 1.29 is 14.2 Å². The maximum Gasteiger partial charge on any atom is 0.161 e. The molecule has 150 valence electrons. The van der Waals surface area contributed by atoms with Gasteiger partial charge in [-0.2, -0.15) is 5.10 Å². The lowest BCUT2D eigenvalue weighted by atomic mass is 10.2. The van der Waals surface area contributed by atoms with Gasteiger partial charge in [0.05, 0.1) is 27.0 Å². The summed E-state index contributed by atoms with van der Waals surface area (Å²) in [6.07, 6.45) is 1.78. The van der Waals surface area contributed by atoms with E-state index < -0.39 is 0 Å². The molecule has 0 spiro atoms. The van der Waals surface area contributed by atoms with Crippen molar-refractivity contribution in [2.24, 2.45) is 5.10 Å². The van der Waals surface area contributed by atoms with Crippen LogP contribution < -0.4 is 19.6 Å². The van der Waals surface area contributed by atoms with Crippen molar-refractivity contribution in [3.8, 4) is 17.2 Å². The molecule has 1 N–H and O–H groups in total. The van der Waals surface area contributed by atoms with E-state index >= 15 is 0 Å². The van der Waals surface area contributed by atoms with Gasteiger partial charge in [0.1, 0.15) is 12.4 Å². The van der Waals surface area contributed by atoms with Gasteiger partial charge in [-0.15, -0.1) is 0 Å². The fourth-order valence-corrected chi connectivity index (χ4v) is 3.04. The Hall–Kier alpha value is -2.74. The van der Waals surface area contributed by atoms with Crippen molar-refractivity contribution in [1.29, 1.82) is 0 Å². The van der Waals surface area contributed by atoms with Gasteiger partial charge in [-0.1, -0.05) is 30.3 Å². The zero-order chi connectivity index (χ0) is 20.5. The molecular formula is C23H23IN2O3. The number of hydrazone groups is 1. The van der Waals surface area contributed by atoms with Crippen LogP contribution in [0.1, 0.15) is 16.7 Å². The Morgan fingerprint density at radius 3 is 2.41 bits per heavy atom. The number of hydrogen-bond acceptors (Lipinski definition) is 5. The molecule has 0 fully saturated rings. The first-order valence-corrected chi connectivity index (χ1v) is 10.2. The largest absolute Gasteiger partial charge is 0.493 e. The van der Waals surface area contributed by atoms with Gasteiger partial charge in [0, 0.05) is 3.57 Å². The van der Waals surface area contributed by atoms with Gasteiger partial charge in [-0.3, -0.25) is 0 Å². The molecule has 0 amide bonds. The summed E-state index contributed by atoms with van der Waals surface area (Å²) in [5.74, 6) is 2.22. The molecule has 0 aromatic heterocycles. The zero-order valence-electron chi connectivity index (χ0n) is 16.4. The second-order valence-electron chi connectivity index (χ2n) is 6.27. The lowest BCUT2D eigenvalue weighted by Gasteiger charge is -2.09. The van der Waals surface area contributed by atoms with Crippen LogP contribution in [0.25, 0.3) is 0 Å². The van der Waals surface area contributed by atoms with Gasteiger partial charge < -0.3 is 19.6 Å². The topological polar surface area (TPSA) is 52.1 Å². The molecule has 0 unspecified atom stereocenters. The normalized spacial score (nSPS) is 10.7. The van der Waals surface area contributed by atoms with Crippen LogP contribution in [0.3, 0.4) is 0 Å². The Bertz CT molecular complexity index is 959. The van der Waals surface area contributed by atoms with Gasteiger partial charge in [-0.25, -0.2) is 0 Å². The summed E-state index contributed by atoms with van der Waals surface area (Å²) in [7, 11) is 3.25. The van der Waals surface area contributed by atoms with Crippen molar-refractivity contribution in [2.45, 2.75) is 13.2 Å². The highest BCUT2D eigenvalue weighted by atomic mass is 127. The number of ether oxygens (including phenoxy) is 3. The minimum atomic E-state index is 0.537. The van der Waals surface area contributed by atoms with Crippen molar-refractivity contribution in [3.05, 3.63) is 87.0 Å². The first kappa shape index (κ1) is 21.0. The number of hydrogen-bond donors (Lipinski definition) is 1.